The zero-order chi connectivity index (χ0) is 15.4. The first-order chi connectivity index (χ1) is 9.99. The van der Waals surface area contributed by atoms with E-state index in [1.165, 1.54) is 0 Å². The van der Waals surface area contributed by atoms with Gasteiger partial charge in [-0.2, -0.15) is 0 Å². The number of rotatable bonds is 5. The molecule has 0 aromatic carbocycles. The summed E-state index contributed by atoms with van der Waals surface area (Å²) in [7, 11) is 1.77. The van der Waals surface area contributed by atoms with Gasteiger partial charge in [-0.3, -0.25) is 9.78 Å². The van der Waals surface area contributed by atoms with Crippen molar-refractivity contribution in [1.82, 2.24) is 14.9 Å². The number of carboxylic acid groups (broad SMARTS) is 1. The number of nitrogens with zero attached hydrogens (tertiary/aromatic N) is 2. The Labute approximate surface area is 122 Å². The van der Waals surface area contributed by atoms with E-state index in [0.29, 0.717) is 5.69 Å². The third-order valence-corrected chi connectivity index (χ3v) is 3.40. The van der Waals surface area contributed by atoms with E-state index in [2.05, 4.69) is 10.3 Å². The molecule has 0 spiro atoms. The molecule has 0 aliphatic carbocycles. The summed E-state index contributed by atoms with van der Waals surface area (Å²) in [6.07, 6.45) is 3.40. The van der Waals surface area contributed by atoms with Crippen LogP contribution in [0.4, 0.5) is 0 Å². The van der Waals surface area contributed by atoms with Crippen molar-refractivity contribution in [2.75, 3.05) is 0 Å². The standard InChI is InChI=1S/C15H17N3O3/c1-10-3-4-13(18(10)2)14(19)17-12(15(20)21)9-11-5-7-16-8-6-11/h3-8,12H,9H2,1-2H3,(H,17,19)(H,20,21). The SMILES string of the molecule is Cc1ccc(C(=O)NC(Cc2ccncc2)C(=O)O)n1C. The first-order valence-corrected chi connectivity index (χ1v) is 6.54. The van der Waals surface area contributed by atoms with Crippen LogP contribution < -0.4 is 5.32 Å². The van der Waals surface area contributed by atoms with Crippen LogP contribution in [0, 0.1) is 6.92 Å². The summed E-state index contributed by atoms with van der Waals surface area (Å²) in [6.45, 7) is 1.88. The van der Waals surface area contributed by atoms with Crippen molar-refractivity contribution < 1.29 is 14.7 Å². The average molecular weight is 287 g/mol. The van der Waals surface area contributed by atoms with Crippen molar-refractivity contribution in [1.29, 1.82) is 0 Å². The predicted octanol–water partition coefficient (Wildman–Crippen LogP) is 1.15. The van der Waals surface area contributed by atoms with Crippen molar-refractivity contribution in [3.8, 4) is 0 Å². The molecule has 2 aromatic heterocycles. The summed E-state index contributed by atoms with van der Waals surface area (Å²) in [5, 5.41) is 11.8. The second-order valence-corrected chi connectivity index (χ2v) is 4.84. The minimum absolute atomic E-state index is 0.215. The Hall–Kier alpha value is -2.63. The van der Waals surface area contributed by atoms with Gasteiger partial charge in [0.05, 0.1) is 0 Å². The zero-order valence-corrected chi connectivity index (χ0v) is 11.9. The van der Waals surface area contributed by atoms with Gasteiger partial charge in [-0.1, -0.05) is 0 Å². The number of amides is 1. The molecule has 1 unspecified atom stereocenters. The van der Waals surface area contributed by atoms with E-state index in [1.54, 1.807) is 42.2 Å². The first kappa shape index (κ1) is 14.8. The maximum Gasteiger partial charge on any atom is 0.326 e. The molecule has 110 valence electrons. The van der Waals surface area contributed by atoms with E-state index in [-0.39, 0.29) is 6.42 Å². The molecule has 0 aliphatic rings. The number of hydrogen-bond acceptors (Lipinski definition) is 3. The lowest BCUT2D eigenvalue weighted by Crippen LogP contribution is -2.42. The summed E-state index contributed by atoms with van der Waals surface area (Å²) in [5.74, 6) is -1.46. The third-order valence-electron chi connectivity index (χ3n) is 3.40. The number of carbonyl (C=O) groups excluding carboxylic acids is 1. The van der Waals surface area contributed by atoms with E-state index in [4.69, 9.17) is 0 Å². The molecular weight excluding hydrogens is 270 g/mol. The Kier molecular flexibility index (Phi) is 4.37. The Morgan fingerprint density at radius 1 is 1.29 bits per heavy atom. The molecule has 0 fully saturated rings. The van der Waals surface area contributed by atoms with Gasteiger partial charge in [0, 0.05) is 31.6 Å². The summed E-state index contributed by atoms with van der Waals surface area (Å²) in [5.41, 5.74) is 2.18. The molecule has 2 N–H and O–H groups in total. The van der Waals surface area contributed by atoms with E-state index >= 15 is 0 Å². The Bertz CT molecular complexity index is 649. The van der Waals surface area contributed by atoms with Crippen LogP contribution in [0.2, 0.25) is 0 Å². The lowest BCUT2D eigenvalue weighted by molar-refractivity contribution is -0.139. The number of aryl methyl sites for hydroxylation is 1. The fraction of sp³-hybridized carbons (Fsp3) is 0.267. The van der Waals surface area contributed by atoms with Gasteiger partial charge in [0.1, 0.15) is 11.7 Å². The molecule has 0 aliphatic heterocycles. The molecule has 6 heteroatoms. The highest BCUT2D eigenvalue weighted by atomic mass is 16.4. The van der Waals surface area contributed by atoms with Crippen LogP contribution in [0.25, 0.3) is 0 Å². The topological polar surface area (TPSA) is 84.2 Å². The number of pyridine rings is 1. The van der Waals surface area contributed by atoms with E-state index in [9.17, 15) is 14.7 Å². The van der Waals surface area contributed by atoms with Crippen molar-refractivity contribution >= 4 is 11.9 Å². The fourth-order valence-corrected chi connectivity index (χ4v) is 2.03. The second kappa shape index (κ2) is 6.21. The van der Waals surface area contributed by atoms with Crippen molar-refractivity contribution in [3.05, 3.63) is 53.6 Å². The molecule has 0 saturated carbocycles. The number of hydrogen-bond donors (Lipinski definition) is 2. The van der Waals surface area contributed by atoms with E-state index in [1.807, 2.05) is 13.0 Å². The fourth-order valence-electron chi connectivity index (χ4n) is 2.03. The maximum atomic E-state index is 12.2. The Morgan fingerprint density at radius 2 is 1.95 bits per heavy atom. The van der Waals surface area contributed by atoms with Crippen LogP contribution in [0.5, 0.6) is 0 Å². The molecule has 0 saturated heterocycles. The molecule has 1 amide bonds. The van der Waals surface area contributed by atoms with Crippen molar-refractivity contribution in [3.63, 3.8) is 0 Å². The van der Waals surface area contributed by atoms with E-state index < -0.39 is 17.9 Å². The van der Waals surface area contributed by atoms with Crippen LogP contribution in [-0.2, 0) is 18.3 Å². The van der Waals surface area contributed by atoms with Crippen LogP contribution in [-0.4, -0.2) is 32.6 Å². The smallest absolute Gasteiger partial charge is 0.326 e. The first-order valence-electron chi connectivity index (χ1n) is 6.54. The van der Waals surface area contributed by atoms with Crippen LogP contribution >= 0.6 is 0 Å². The lowest BCUT2D eigenvalue weighted by atomic mass is 10.1. The molecular formula is C15H17N3O3. The van der Waals surface area contributed by atoms with Crippen molar-refractivity contribution in [2.45, 2.75) is 19.4 Å². The van der Waals surface area contributed by atoms with Gasteiger partial charge in [0.25, 0.3) is 5.91 Å². The Balaban J connectivity index is 2.11. The lowest BCUT2D eigenvalue weighted by Gasteiger charge is -2.15. The summed E-state index contributed by atoms with van der Waals surface area (Å²) >= 11 is 0. The van der Waals surface area contributed by atoms with Gasteiger partial charge in [-0.05, 0) is 36.8 Å². The van der Waals surface area contributed by atoms with Gasteiger partial charge in [0.2, 0.25) is 0 Å². The summed E-state index contributed by atoms with van der Waals surface area (Å²) in [4.78, 5) is 27.4. The Morgan fingerprint density at radius 3 is 2.48 bits per heavy atom. The molecule has 0 bridgehead atoms. The molecule has 6 nitrogen and oxygen atoms in total. The number of carbonyl (C=O) groups is 2. The molecule has 1 atom stereocenters. The molecule has 2 rings (SSSR count). The van der Waals surface area contributed by atoms with E-state index in [0.717, 1.165) is 11.3 Å². The minimum Gasteiger partial charge on any atom is -0.480 e. The maximum absolute atomic E-state index is 12.2. The highest BCUT2D eigenvalue weighted by Crippen LogP contribution is 2.07. The van der Waals surface area contributed by atoms with Gasteiger partial charge in [-0.25, -0.2) is 4.79 Å². The summed E-state index contributed by atoms with van der Waals surface area (Å²) < 4.78 is 1.72. The number of nitrogens with one attached hydrogen (secondary N) is 1. The highest BCUT2D eigenvalue weighted by molar-refractivity contribution is 5.95. The quantitative estimate of drug-likeness (QED) is 0.864. The molecule has 2 heterocycles. The average Bonchev–Trinajstić information content (AvgIpc) is 2.79. The third kappa shape index (κ3) is 3.47. The molecule has 0 radical (unpaired) electrons. The van der Waals surface area contributed by atoms with Crippen LogP contribution in [0.3, 0.4) is 0 Å². The normalized spacial score (nSPS) is 11.9. The van der Waals surface area contributed by atoms with Crippen LogP contribution in [0.1, 0.15) is 21.7 Å². The predicted molar refractivity (Wildman–Crippen MR) is 77.0 cm³/mol. The molecule has 2 aromatic rings. The minimum atomic E-state index is -1.06. The largest absolute Gasteiger partial charge is 0.480 e. The van der Waals surface area contributed by atoms with Crippen molar-refractivity contribution in [2.24, 2.45) is 7.05 Å². The van der Waals surface area contributed by atoms with Gasteiger partial charge >= 0.3 is 5.97 Å². The second-order valence-electron chi connectivity index (χ2n) is 4.84. The highest BCUT2D eigenvalue weighted by Gasteiger charge is 2.22. The number of aromatic nitrogens is 2. The zero-order valence-electron chi connectivity index (χ0n) is 11.9. The molecule has 21 heavy (non-hydrogen) atoms. The number of carboxylic acids is 1. The summed E-state index contributed by atoms with van der Waals surface area (Å²) in [6, 6.07) is 5.97. The van der Waals surface area contributed by atoms with Gasteiger partial charge < -0.3 is 15.0 Å². The number of aliphatic carboxylic acids is 1. The van der Waals surface area contributed by atoms with Gasteiger partial charge in [-0.15, -0.1) is 0 Å². The van der Waals surface area contributed by atoms with Crippen LogP contribution in [0.15, 0.2) is 36.7 Å². The van der Waals surface area contributed by atoms with Gasteiger partial charge in [0.15, 0.2) is 0 Å². The monoisotopic (exact) mass is 287 g/mol.